The van der Waals surface area contributed by atoms with Gasteiger partial charge in [0.2, 0.25) is 0 Å². The van der Waals surface area contributed by atoms with E-state index in [2.05, 4.69) is 36.1 Å². The Kier molecular flexibility index (Phi) is 5.90. The molecule has 4 rings (SSSR count). The van der Waals surface area contributed by atoms with Gasteiger partial charge in [0.25, 0.3) is 11.5 Å². The van der Waals surface area contributed by atoms with Gasteiger partial charge >= 0.3 is 0 Å². The fourth-order valence-electron chi connectivity index (χ4n) is 4.40. The van der Waals surface area contributed by atoms with Crippen LogP contribution in [0.1, 0.15) is 44.1 Å². The molecule has 2 aromatic heterocycles. The van der Waals surface area contributed by atoms with E-state index in [0.717, 1.165) is 30.7 Å². The number of para-hydroxylation sites is 2. The smallest absolute Gasteiger partial charge is 0.277 e. The van der Waals surface area contributed by atoms with Gasteiger partial charge in [0.1, 0.15) is 5.52 Å². The van der Waals surface area contributed by atoms with Crippen LogP contribution in [-0.2, 0) is 6.54 Å². The Bertz CT molecular complexity index is 1110. The van der Waals surface area contributed by atoms with Gasteiger partial charge in [-0.1, -0.05) is 32.9 Å². The fraction of sp³-hybridized carbons (Fsp3) is 0.522. The molecule has 1 amide bonds. The minimum Gasteiger partial charge on any atom is -0.349 e. The van der Waals surface area contributed by atoms with Crippen LogP contribution in [0.25, 0.3) is 16.6 Å². The van der Waals surface area contributed by atoms with Crippen LogP contribution in [-0.4, -0.2) is 51.2 Å². The first-order valence-electron chi connectivity index (χ1n) is 11.0. The lowest BCUT2D eigenvalue weighted by Crippen LogP contribution is -2.40. The summed E-state index contributed by atoms with van der Waals surface area (Å²) < 4.78 is 3.39. The predicted molar refractivity (Wildman–Crippen MR) is 119 cm³/mol. The number of hydrogen-bond donors (Lipinski definition) is 1. The number of fused-ring (bicyclic) bond motifs is 3. The molecule has 1 N–H and O–H groups in total. The molecule has 0 aliphatic carbocycles. The van der Waals surface area contributed by atoms with E-state index in [1.807, 2.05) is 24.3 Å². The first-order chi connectivity index (χ1) is 14.4. The third-order valence-electron chi connectivity index (χ3n) is 5.81. The Morgan fingerprint density at radius 2 is 2.00 bits per heavy atom. The largest absolute Gasteiger partial charge is 0.349 e. The Morgan fingerprint density at radius 1 is 1.23 bits per heavy atom. The van der Waals surface area contributed by atoms with Gasteiger partial charge in [-0.15, -0.1) is 0 Å². The molecular weight excluding hydrogens is 378 g/mol. The van der Waals surface area contributed by atoms with E-state index in [0.29, 0.717) is 30.4 Å². The van der Waals surface area contributed by atoms with E-state index in [-0.39, 0.29) is 17.2 Å². The minimum absolute atomic E-state index is 0.115. The standard InChI is InChI=1S/C23H31N5O2/c1-16(2)14-27-19-8-4-5-9-20(19)28-21(23(27)30)13-18(25-28)22(29)24-10-12-26-11-6-7-17(3)15-26/h4-5,8-9,13,16-17H,6-7,10-12,14-15H2,1-3H3,(H,24,29)/t17-/m0/s1. The van der Waals surface area contributed by atoms with Crippen molar-refractivity contribution in [2.45, 2.75) is 40.2 Å². The summed E-state index contributed by atoms with van der Waals surface area (Å²) >= 11 is 0. The monoisotopic (exact) mass is 409 g/mol. The molecule has 0 saturated carbocycles. The molecule has 160 valence electrons. The van der Waals surface area contributed by atoms with Gasteiger partial charge in [0.05, 0.1) is 11.0 Å². The number of rotatable bonds is 6. The van der Waals surface area contributed by atoms with Crippen molar-refractivity contribution < 1.29 is 4.79 Å². The van der Waals surface area contributed by atoms with Gasteiger partial charge in [-0.2, -0.15) is 5.10 Å². The summed E-state index contributed by atoms with van der Waals surface area (Å²) in [5, 5.41) is 7.45. The van der Waals surface area contributed by atoms with Crippen LogP contribution in [0.4, 0.5) is 0 Å². The highest BCUT2D eigenvalue weighted by Gasteiger charge is 2.19. The third-order valence-corrected chi connectivity index (χ3v) is 5.81. The number of piperidine rings is 1. The van der Waals surface area contributed by atoms with Gasteiger partial charge in [0, 0.05) is 32.2 Å². The normalized spacial score (nSPS) is 17.8. The summed E-state index contributed by atoms with van der Waals surface area (Å²) in [6.07, 6.45) is 2.50. The van der Waals surface area contributed by atoms with E-state index in [9.17, 15) is 9.59 Å². The van der Waals surface area contributed by atoms with Crippen molar-refractivity contribution >= 4 is 22.5 Å². The molecule has 0 bridgehead atoms. The second-order valence-corrected chi connectivity index (χ2v) is 8.93. The molecule has 0 unspecified atom stereocenters. The predicted octanol–water partition coefficient (Wildman–Crippen LogP) is 2.77. The van der Waals surface area contributed by atoms with Gasteiger partial charge in [0.15, 0.2) is 5.69 Å². The second kappa shape index (κ2) is 8.60. The molecule has 3 aromatic rings. The first-order valence-corrected chi connectivity index (χ1v) is 11.0. The molecule has 0 spiro atoms. The lowest BCUT2D eigenvalue weighted by atomic mass is 10.0. The maximum absolute atomic E-state index is 13.1. The van der Waals surface area contributed by atoms with Crippen molar-refractivity contribution in [1.29, 1.82) is 0 Å². The molecular formula is C23H31N5O2. The SMILES string of the molecule is CC(C)Cn1c(=O)c2cc(C(=O)NCCN3CCC[C@H](C)C3)nn2c2ccccc21. The quantitative estimate of drug-likeness (QED) is 0.680. The lowest BCUT2D eigenvalue weighted by Gasteiger charge is -2.30. The fourth-order valence-corrected chi connectivity index (χ4v) is 4.40. The van der Waals surface area contributed by atoms with Gasteiger partial charge in [-0.3, -0.25) is 9.59 Å². The number of amides is 1. The van der Waals surface area contributed by atoms with E-state index in [1.165, 1.54) is 12.8 Å². The highest BCUT2D eigenvalue weighted by atomic mass is 16.2. The molecule has 1 aliphatic rings. The Morgan fingerprint density at radius 3 is 2.73 bits per heavy atom. The van der Waals surface area contributed by atoms with Crippen molar-refractivity contribution in [3.8, 4) is 0 Å². The zero-order valence-electron chi connectivity index (χ0n) is 18.1. The summed E-state index contributed by atoms with van der Waals surface area (Å²) in [6.45, 7) is 10.7. The van der Waals surface area contributed by atoms with Crippen LogP contribution in [0.3, 0.4) is 0 Å². The Labute approximate surface area is 176 Å². The van der Waals surface area contributed by atoms with Crippen molar-refractivity contribution in [2.75, 3.05) is 26.2 Å². The van der Waals surface area contributed by atoms with E-state index < -0.39 is 0 Å². The van der Waals surface area contributed by atoms with E-state index >= 15 is 0 Å². The number of carbonyl (C=O) groups is 1. The number of nitrogens with one attached hydrogen (secondary N) is 1. The van der Waals surface area contributed by atoms with Crippen LogP contribution in [0.15, 0.2) is 35.1 Å². The molecule has 7 nitrogen and oxygen atoms in total. The number of hydrogen-bond acceptors (Lipinski definition) is 4. The molecule has 1 aromatic carbocycles. The van der Waals surface area contributed by atoms with Gasteiger partial charge in [-0.05, 0) is 43.4 Å². The summed E-state index contributed by atoms with van der Waals surface area (Å²) in [5.41, 5.74) is 2.26. The maximum Gasteiger partial charge on any atom is 0.277 e. The average Bonchev–Trinajstić information content (AvgIpc) is 3.17. The molecule has 1 atom stereocenters. The van der Waals surface area contributed by atoms with E-state index in [4.69, 9.17) is 0 Å². The number of likely N-dealkylation sites (tertiary alicyclic amines) is 1. The molecule has 1 saturated heterocycles. The zero-order chi connectivity index (χ0) is 21.3. The highest BCUT2D eigenvalue weighted by Crippen LogP contribution is 2.17. The molecule has 0 radical (unpaired) electrons. The van der Waals surface area contributed by atoms with Gasteiger partial charge < -0.3 is 14.8 Å². The van der Waals surface area contributed by atoms with Gasteiger partial charge in [-0.25, -0.2) is 4.52 Å². The van der Waals surface area contributed by atoms with Crippen molar-refractivity contribution in [1.82, 2.24) is 24.4 Å². The molecule has 1 aliphatic heterocycles. The first kappa shape index (κ1) is 20.6. The zero-order valence-corrected chi connectivity index (χ0v) is 18.1. The number of carbonyl (C=O) groups excluding carboxylic acids is 1. The molecule has 3 heterocycles. The second-order valence-electron chi connectivity index (χ2n) is 8.93. The molecule has 1 fully saturated rings. The summed E-state index contributed by atoms with van der Waals surface area (Å²) in [4.78, 5) is 28.2. The topological polar surface area (TPSA) is 71.6 Å². The average molecular weight is 410 g/mol. The van der Waals surface area contributed by atoms with Crippen LogP contribution in [0, 0.1) is 11.8 Å². The minimum atomic E-state index is -0.234. The van der Waals surface area contributed by atoms with Crippen molar-refractivity contribution in [3.63, 3.8) is 0 Å². The molecule has 30 heavy (non-hydrogen) atoms. The number of benzene rings is 1. The van der Waals surface area contributed by atoms with Crippen LogP contribution < -0.4 is 10.9 Å². The lowest BCUT2D eigenvalue weighted by molar-refractivity contribution is 0.0938. The summed E-state index contributed by atoms with van der Waals surface area (Å²) in [7, 11) is 0. The van der Waals surface area contributed by atoms with Crippen molar-refractivity contribution in [2.24, 2.45) is 11.8 Å². The maximum atomic E-state index is 13.1. The third kappa shape index (κ3) is 4.12. The van der Waals surface area contributed by atoms with Crippen LogP contribution in [0.5, 0.6) is 0 Å². The van der Waals surface area contributed by atoms with E-state index in [1.54, 1.807) is 15.1 Å². The number of aromatic nitrogens is 3. The van der Waals surface area contributed by atoms with Crippen LogP contribution in [0.2, 0.25) is 0 Å². The Balaban J connectivity index is 1.58. The Hall–Kier alpha value is -2.67. The van der Waals surface area contributed by atoms with Crippen molar-refractivity contribution in [3.05, 3.63) is 46.4 Å². The van der Waals surface area contributed by atoms with Crippen LogP contribution >= 0.6 is 0 Å². The number of nitrogens with zero attached hydrogens (tertiary/aromatic N) is 4. The highest BCUT2D eigenvalue weighted by molar-refractivity contribution is 5.94. The molecule has 7 heteroatoms. The summed E-state index contributed by atoms with van der Waals surface area (Å²) in [5.74, 6) is 0.814. The summed E-state index contributed by atoms with van der Waals surface area (Å²) in [6, 6.07) is 9.32.